The van der Waals surface area contributed by atoms with E-state index in [1.807, 2.05) is 48.5 Å². The first-order chi connectivity index (χ1) is 18.1. The molecule has 0 aliphatic heterocycles. The van der Waals surface area contributed by atoms with Gasteiger partial charge >= 0.3 is 11.9 Å². The van der Waals surface area contributed by atoms with Crippen LogP contribution < -0.4 is 0 Å². The predicted octanol–water partition coefficient (Wildman–Crippen LogP) is 6.64. The highest BCUT2D eigenvalue weighted by molar-refractivity contribution is 5.90. The third kappa shape index (κ3) is 6.42. The van der Waals surface area contributed by atoms with Gasteiger partial charge in [-0.1, -0.05) is 63.7 Å². The minimum Gasteiger partial charge on any atom is -0.459 e. The van der Waals surface area contributed by atoms with Gasteiger partial charge in [0.1, 0.15) is 13.2 Å². The van der Waals surface area contributed by atoms with E-state index in [1.165, 1.54) is 5.56 Å². The van der Waals surface area contributed by atoms with E-state index in [0.29, 0.717) is 22.9 Å². The van der Waals surface area contributed by atoms with E-state index in [1.54, 1.807) is 19.1 Å². The predicted molar refractivity (Wildman–Crippen MR) is 145 cm³/mol. The van der Waals surface area contributed by atoms with Crippen LogP contribution in [0.5, 0.6) is 0 Å². The van der Waals surface area contributed by atoms with Crippen LogP contribution in [0.25, 0.3) is 34.0 Å². The first-order valence-electron chi connectivity index (χ1n) is 12.3. The molecule has 0 spiro atoms. The van der Waals surface area contributed by atoms with E-state index in [0.717, 1.165) is 22.3 Å². The van der Waals surface area contributed by atoms with Gasteiger partial charge in [-0.3, -0.25) is 0 Å². The quantitative estimate of drug-likeness (QED) is 0.149. The van der Waals surface area contributed by atoms with Gasteiger partial charge in [0.2, 0.25) is 11.8 Å². The number of benzene rings is 3. The normalized spacial score (nSPS) is 11.2. The molecule has 1 heterocycles. The Bertz CT molecular complexity index is 1430. The zero-order valence-corrected chi connectivity index (χ0v) is 22.0. The molecule has 0 bridgehead atoms. The fourth-order valence-corrected chi connectivity index (χ4v) is 3.65. The molecule has 0 saturated carbocycles. The third-order valence-corrected chi connectivity index (χ3v) is 5.91. The second kappa shape index (κ2) is 11.3. The highest BCUT2D eigenvalue weighted by Crippen LogP contribution is 2.29. The number of nitrogens with zero attached hydrogens (tertiary/aromatic N) is 2. The van der Waals surface area contributed by atoms with E-state index in [2.05, 4.69) is 49.7 Å². The van der Waals surface area contributed by atoms with Crippen molar-refractivity contribution in [3.05, 3.63) is 96.1 Å². The number of ether oxygens (including phenoxy) is 2. The summed E-state index contributed by atoms with van der Waals surface area (Å²) in [6, 6.07) is 23.0. The van der Waals surface area contributed by atoms with Crippen LogP contribution in [0.15, 0.2) is 89.4 Å². The van der Waals surface area contributed by atoms with E-state index < -0.39 is 11.9 Å². The molecule has 0 atom stereocenters. The van der Waals surface area contributed by atoms with E-state index >= 15 is 0 Å². The summed E-state index contributed by atoms with van der Waals surface area (Å²) in [6.07, 6.45) is 0. The minimum atomic E-state index is -0.512. The van der Waals surface area contributed by atoms with Crippen LogP contribution in [0.1, 0.15) is 43.6 Å². The minimum absolute atomic E-state index is 0.0209. The zero-order valence-electron chi connectivity index (χ0n) is 22.0. The van der Waals surface area contributed by atoms with E-state index in [9.17, 15) is 9.59 Å². The number of carbonyl (C=O) groups is 2. The Kier molecular flexibility index (Phi) is 7.86. The lowest BCUT2D eigenvalue weighted by Crippen LogP contribution is -2.14. The van der Waals surface area contributed by atoms with Crippen LogP contribution in [0.3, 0.4) is 0 Å². The molecule has 7 nitrogen and oxygen atoms in total. The first kappa shape index (κ1) is 26.5. The van der Waals surface area contributed by atoms with Crippen molar-refractivity contribution in [2.24, 2.45) is 0 Å². The summed E-state index contributed by atoms with van der Waals surface area (Å²) in [5, 5.41) is 8.43. The number of esters is 2. The molecule has 0 amide bonds. The summed E-state index contributed by atoms with van der Waals surface area (Å²) in [4.78, 5) is 23.6. The van der Waals surface area contributed by atoms with Crippen molar-refractivity contribution < 1.29 is 23.5 Å². The number of rotatable bonds is 8. The average molecular weight is 511 g/mol. The van der Waals surface area contributed by atoms with Gasteiger partial charge in [-0.15, -0.1) is 10.2 Å². The molecule has 4 aromatic rings. The summed E-state index contributed by atoms with van der Waals surface area (Å²) in [5.74, 6) is -0.0835. The topological polar surface area (TPSA) is 91.5 Å². The molecule has 194 valence electrons. The van der Waals surface area contributed by atoms with Crippen LogP contribution in [0.4, 0.5) is 0 Å². The molecule has 0 saturated heterocycles. The molecular weight excluding hydrogens is 480 g/mol. The van der Waals surface area contributed by atoms with Gasteiger partial charge in [0, 0.05) is 16.7 Å². The largest absolute Gasteiger partial charge is 0.459 e. The van der Waals surface area contributed by atoms with E-state index in [-0.39, 0.29) is 18.6 Å². The highest BCUT2D eigenvalue weighted by atomic mass is 16.6. The molecule has 0 fully saturated rings. The number of hydrogen-bond acceptors (Lipinski definition) is 7. The molecule has 38 heavy (non-hydrogen) atoms. The number of hydrogen-bond donors (Lipinski definition) is 0. The lowest BCUT2D eigenvalue weighted by molar-refractivity contribution is -0.140. The van der Waals surface area contributed by atoms with Crippen molar-refractivity contribution in [2.75, 3.05) is 13.2 Å². The van der Waals surface area contributed by atoms with Crippen molar-refractivity contribution in [3.8, 4) is 34.0 Å². The maximum Gasteiger partial charge on any atom is 0.338 e. The Morgan fingerprint density at radius 3 is 1.68 bits per heavy atom. The van der Waals surface area contributed by atoms with Crippen LogP contribution in [0, 0.1) is 0 Å². The van der Waals surface area contributed by atoms with Crippen LogP contribution in [-0.2, 0) is 19.7 Å². The first-order valence-corrected chi connectivity index (χ1v) is 12.3. The van der Waals surface area contributed by atoms with Gasteiger partial charge in [-0.25, -0.2) is 9.59 Å². The zero-order chi connectivity index (χ0) is 27.3. The molecule has 0 N–H and O–H groups in total. The maximum absolute atomic E-state index is 12.2. The lowest BCUT2D eigenvalue weighted by Gasteiger charge is -2.18. The molecule has 0 aliphatic rings. The Hall–Kier alpha value is -4.52. The van der Waals surface area contributed by atoms with Crippen LogP contribution in [-0.4, -0.2) is 35.3 Å². The fourth-order valence-electron chi connectivity index (χ4n) is 3.65. The van der Waals surface area contributed by atoms with Crippen molar-refractivity contribution in [1.29, 1.82) is 0 Å². The summed E-state index contributed by atoms with van der Waals surface area (Å²) < 4.78 is 16.0. The van der Waals surface area contributed by atoms with E-state index in [4.69, 9.17) is 13.9 Å². The molecule has 0 aliphatic carbocycles. The molecular formula is C31H30N2O5. The van der Waals surface area contributed by atoms with Gasteiger partial charge in [0.05, 0.1) is 5.56 Å². The highest BCUT2D eigenvalue weighted by Gasteiger charge is 2.15. The molecule has 1 aromatic heterocycles. The standard InChI is InChI=1S/C31H30N2O5/c1-20(2)29(34)36-18-19-37-30(35)25-12-8-22(9-13-25)21-6-10-23(11-7-21)27-32-33-28(38-27)24-14-16-26(17-15-24)31(3,4)5/h6-17H,1,18-19H2,2-5H3. The lowest BCUT2D eigenvalue weighted by atomic mass is 9.87. The monoisotopic (exact) mass is 510 g/mol. The Morgan fingerprint density at radius 1 is 0.737 bits per heavy atom. The summed E-state index contributed by atoms with van der Waals surface area (Å²) >= 11 is 0. The Labute approximate surface area is 222 Å². The van der Waals surface area contributed by atoms with Gasteiger partial charge < -0.3 is 13.9 Å². The average Bonchev–Trinajstić information content (AvgIpc) is 3.41. The van der Waals surface area contributed by atoms with Gasteiger partial charge in [-0.2, -0.15) is 0 Å². The molecule has 0 unspecified atom stereocenters. The summed E-state index contributed by atoms with van der Waals surface area (Å²) in [7, 11) is 0. The third-order valence-electron chi connectivity index (χ3n) is 5.91. The Balaban J connectivity index is 1.37. The summed E-state index contributed by atoms with van der Waals surface area (Å²) in [5.41, 5.74) is 5.61. The second-order valence-electron chi connectivity index (χ2n) is 9.95. The smallest absolute Gasteiger partial charge is 0.338 e. The number of aromatic nitrogens is 2. The molecule has 3 aromatic carbocycles. The van der Waals surface area contributed by atoms with Crippen molar-refractivity contribution in [2.45, 2.75) is 33.1 Å². The fraction of sp³-hybridized carbons (Fsp3) is 0.226. The molecule has 4 rings (SSSR count). The van der Waals surface area contributed by atoms with Crippen molar-refractivity contribution in [1.82, 2.24) is 10.2 Å². The van der Waals surface area contributed by atoms with Gasteiger partial charge in [0.25, 0.3) is 0 Å². The second-order valence-corrected chi connectivity index (χ2v) is 9.95. The van der Waals surface area contributed by atoms with Gasteiger partial charge in [0.15, 0.2) is 0 Å². The molecule has 0 radical (unpaired) electrons. The molecule has 7 heteroatoms. The van der Waals surface area contributed by atoms with Gasteiger partial charge in [-0.05, 0) is 65.4 Å². The van der Waals surface area contributed by atoms with Crippen LogP contribution in [0.2, 0.25) is 0 Å². The van der Waals surface area contributed by atoms with Crippen molar-refractivity contribution >= 4 is 11.9 Å². The van der Waals surface area contributed by atoms with Crippen molar-refractivity contribution in [3.63, 3.8) is 0 Å². The number of carbonyl (C=O) groups excluding carboxylic acids is 2. The SMILES string of the molecule is C=C(C)C(=O)OCCOC(=O)c1ccc(-c2ccc(-c3nnc(-c4ccc(C(C)(C)C)cc4)o3)cc2)cc1. The summed E-state index contributed by atoms with van der Waals surface area (Å²) in [6.45, 7) is 11.5. The van der Waals surface area contributed by atoms with Crippen LogP contribution >= 0.6 is 0 Å². The maximum atomic E-state index is 12.2. The Morgan fingerprint density at radius 2 is 1.18 bits per heavy atom.